The quantitative estimate of drug-likeness (QED) is 0.853. The normalized spacial score (nSPS) is 10.5. The summed E-state index contributed by atoms with van der Waals surface area (Å²) in [7, 11) is 1.94. The van der Waals surface area contributed by atoms with Crippen LogP contribution in [0.5, 0.6) is 0 Å². The Kier molecular flexibility index (Phi) is 3.24. The summed E-state index contributed by atoms with van der Waals surface area (Å²) >= 11 is 5.87. The van der Waals surface area contributed by atoms with Crippen molar-refractivity contribution in [3.05, 3.63) is 40.9 Å². The van der Waals surface area contributed by atoms with Crippen molar-refractivity contribution in [2.24, 2.45) is 0 Å². The fourth-order valence-electron chi connectivity index (χ4n) is 1.61. The third-order valence-electron chi connectivity index (χ3n) is 2.57. The Labute approximate surface area is 105 Å². The van der Waals surface area contributed by atoms with Gasteiger partial charge in [0.1, 0.15) is 16.7 Å². The molecule has 0 fully saturated rings. The molecule has 0 radical (unpaired) electrons. The van der Waals surface area contributed by atoms with E-state index in [-0.39, 0.29) is 0 Å². The molecule has 90 valence electrons. The second-order valence-electron chi connectivity index (χ2n) is 3.94. The number of anilines is 2. The van der Waals surface area contributed by atoms with Gasteiger partial charge >= 0.3 is 0 Å². The van der Waals surface area contributed by atoms with E-state index in [1.54, 1.807) is 18.4 Å². The van der Waals surface area contributed by atoms with Gasteiger partial charge in [-0.2, -0.15) is 0 Å². The SMILES string of the molecule is Cc1occc1CN(C)c1cc(N)cc(Cl)n1. The lowest BCUT2D eigenvalue weighted by atomic mass is 10.2. The second kappa shape index (κ2) is 4.67. The number of nitrogens with two attached hydrogens (primary N) is 1. The number of rotatable bonds is 3. The van der Waals surface area contributed by atoms with Crippen LogP contribution in [0.4, 0.5) is 11.5 Å². The standard InChI is InChI=1S/C12H14ClN3O/c1-8-9(3-4-17-8)7-16(2)12-6-10(14)5-11(13)15-12/h3-6H,7H2,1-2H3,(H2,14,15). The predicted molar refractivity (Wildman–Crippen MR) is 69.2 cm³/mol. The van der Waals surface area contributed by atoms with E-state index in [1.807, 2.05) is 24.9 Å². The summed E-state index contributed by atoms with van der Waals surface area (Å²) in [6.45, 7) is 2.64. The Morgan fingerprint density at radius 1 is 1.47 bits per heavy atom. The van der Waals surface area contributed by atoms with Gasteiger partial charge in [-0.3, -0.25) is 0 Å². The molecule has 2 rings (SSSR count). The summed E-state index contributed by atoms with van der Waals surface area (Å²) in [6, 6.07) is 5.36. The lowest BCUT2D eigenvalue weighted by Gasteiger charge is -2.18. The van der Waals surface area contributed by atoms with Crippen LogP contribution in [0.1, 0.15) is 11.3 Å². The van der Waals surface area contributed by atoms with Crippen molar-refractivity contribution in [1.29, 1.82) is 0 Å². The van der Waals surface area contributed by atoms with Gasteiger partial charge in [0.15, 0.2) is 0 Å². The van der Waals surface area contributed by atoms with Gasteiger partial charge in [0, 0.05) is 30.9 Å². The maximum Gasteiger partial charge on any atom is 0.133 e. The van der Waals surface area contributed by atoms with Crippen LogP contribution < -0.4 is 10.6 Å². The number of furan rings is 1. The molecule has 17 heavy (non-hydrogen) atoms. The number of pyridine rings is 1. The highest BCUT2D eigenvalue weighted by molar-refractivity contribution is 6.29. The summed E-state index contributed by atoms with van der Waals surface area (Å²) in [5, 5.41) is 0.399. The minimum absolute atomic E-state index is 0.399. The molecule has 0 aliphatic carbocycles. The van der Waals surface area contributed by atoms with E-state index in [4.69, 9.17) is 21.8 Å². The van der Waals surface area contributed by atoms with Crippen LogP contribution in [-0.4, -0.2) is 12.0 Å². The molecular formula is C12H14ClN3O. The Bertz CT molecular complexity index is 504. The van der Waals surface area contributed by atoms with E-state index in [0.29, 0.717) is 17.4 Å². The van der Waals surface area contributed by atoms with E-state index in [0.717, 1.165) is 17.1 Å². The fourth-order valence-corrected chi connectivity index (χ4v) is 1.82. The fraction of sp³-hybridized carbons (Fsp3) is 0.250. The molecule has 0 unspecified atom stereocenters. The van der Waals surface area contributed by atoms with E-state index >= 15 is 0 Å². The van der Waals surface area contributed by atoms with Gasteiger partial charge in [-0.05, 0) is 19.1 Å². The van der Waals surface area contributed by atoms with Crippen LogP contribution in [0.2, 0.25) is 5.15 Å². The Hall–Kier alpha value is -1.68. The topological polar surface area (TPSA) is 55.3 Å². The van der Waals surface area contributed by atoms with Crippen molar-refractivity contribution >= 4 is 23.1 Å². The van der Waals surface area contributed by atoms with E-state index in [9.17, 15) is 0 Å². The van der Waals surface area contributed by atoms with E-state index < -0.39 is 0 Å². The summed E-state index contributed by atoms with van der Waals surface area (Å²) in [6.07, 6.45) is 1.68. The maximum absolute atomic E-state index is 5.87. The molecule has 0 bridgehead atoms. The van der Waals surface area contributed by atoms with Gasteiger partial charge in [-0.15, -0.1) is 0 Å². The van der Waals surface area contributed by atoms with Crippen molar-refractivity contribution < 1.29 is 4.42 Å². The molecule has 0 atom stereocenters. The molecule has 5 heteroatoms. The molecular weight excluding hydrogens is 238 g/mol. The Balaban J connectivity index is 2.20. The minimum atomic E-state index is 0.399. The number of aryl methyl sites for hydroxylation is 1. The first-order valence-electron chi connectivity index (χ1n) is 5.23. The summed E-state index contributed by atoms with van der Waals surface area (Å²) in [4.78, 5) is 6.20. The zero-order chi connectivity index (χ0) is 12.4. The van der Waals surface area contributed by atoms with Crippen molar-refractivity contribution in [1.82, 2.24) is 4.98 Å². The average Bonchev–Trinajstić information content (AvgIpc) is 2.63. The number of hydrogen-bond donors (Lipinski definition) is 1. The minimum Gasteiger partial charge on any atom is -0.469 e. The first kappa shape index (κ1) is 11.8. The van der Waals surface area contributed by atoms with Crippen molar-refractivity contribution in [2.75, 3.05) is 17.7 Å². The number of aromatic nitrogens is 1. The van der Waals surface area contributed by atoms with Crippen LogP contribution in [0.3, 0.4) is 0 Å². The van der Waals surface area contributed by atoms with Gasteiger partial charge in [0.25, 0.3) is 0 Å². The first-order valence-corrected chi connectivity index (χ1v) is 5.61. The molecule has 0 saturated heterocycles. The molecule has 2 heterocycles. The number of nitrogens with zero attached hydrogens (tertiary/aromatic N) is 2. The lowest BCUT2D eigenvalue weighted by molar-refractivity contribution is 0.529. The van der Waals surface area contributed by atoms with Crippen LogP contribution in [-0.2, 0) is 6.54 Å². The van der Waals surface area contributed by atoms with Crippen LogP contribution >= 0.6 is 11.6 Å². The van der Waals surface area contributed by atoms with Crippen molar-refractivity contribution in [2.45, 2.75) is 13.5 Å². The highest BCUT2D eigenvalue weighted by Gasteiger charge is 2.08. The number of halogens is 1. The van der Waals surface area contributed by atoms with Crippen molar-refractivity contribution in [3.63, 3.8) is 0 Å². The second-order valence-corrected chi connectivity index (χ2v) is 4.33. The summed E-state index contributed by atoms with van der Waals surface area (Å²) in [5.41, 5.74) is 7.46. The highest BCUT2D eigenvalue weighted by atomic mass is 35.5. The Morgan fingerprint density at radius 3 is 2.82 bits per heavy atom. The van der Waals surface area contributed by atoms with Crippen LogP contribution in [0.25, 0.3) is 0 Å². The molecule has 0 spiro atoms. The molecule has 0 saturated carbocycles. The maximum atomic E-state index is 5.87. The first-order chi connectivity index (χ1) is 8.06. The van der Waals surface area contributed by atoms with Gasteiger partial charge in [-0.1, -0.05) is 11.6 Å². The summed E-state index contributed by atoms with van der Waals surface area (Å²) < 4.78 is 5.25. The smallest absolute Gasteiger partial charge is 0.133 e. The predicted octanol–water partition coefficient (Wildman–Crippen LogP) is 2.86. The summed E-state index contributed by atoms with van der Waals surface area (Å²) in [5.74, 6) is 1.66. The van der Waals surface area contributed by atoms with Gasteiger partial charge in [0.05, 0.1) is 6.26 Å². The molecule has 2 aromatic heterocycles. The zero-order valence-corrected chi connectivity index (χ0v) is 10.5. The highest BCUT2D eigenvalue weighted by Crippen LogP contribution is 2.21. The van der Waals surface area contributed by atoms with Crippen molar-refractivity contribution in [3.8, 4) is 0 Å². The number of nitrogen functional groups attached to an aromatic ring is 1. The molecule has 4 nitrogen and oxygen atoms in total. The van der Waals surface area contributed by atoms with Crippen LogP contribution in [0, 0.1) is 6.92 Å². The molecule has 0 aromatic carbocycles. The van der Waals surface area contributed by atoms with Gasteiger partial charge < -0.3 is 15.1 Å². The molecule has 0 aliphatic rings. The molecule has 2 N–H and O–H groups in total. The van der Waals surface area contributed by atoms with E-state index in [1.165, 1.54) is 0 Å². The third kappa shape index (κ3) is 2.71. The monoisotopic (exact) mass is 251 g/mol. The van der Waals surface area contributed by atoms with E-state index in [2.05, 4.69) is 4.98 Å². The third-order valence-corrected chi connectivity index (χ3v) is 2.76. The van der Waals surface area contributed by atoms with Gasteiger partial charge in [-0.25, -0.2) is 4.98 Å². The van der Waals surface area contributed by atoms with Gasteiger partial charge in [0.2, 0.25) is 0 Å². The lowest BCUT2D eigenvalue weighted by Crippen LogP contribution is -2.18. The molecule has 2 aromatic rings. The largest absolute Gasteiger partial charge is 0.469 e. The Morgan fingerprint density at radius 2 is 2.24 bits per heavy atom. The number of hydrogen-bond acceptors (Lipinski definition) is 4. The zero-order valence-electron chi connectivity index (χ0n) is 9.77. The van der Waals surface area contributed by atoms with Crippen LogP contribution in [0.15, 0.2) is 28.9 Å². The molecule has 0 amide bonds. The molecule has 0 aliphatic heterocycles. The average molecular weight is 252 g/mol.